The largest absolute Gasteiger partial charge is 0.335 e. The third-order valence-corrected chi connectivity index (χ3v) is 9.44. The van der Waals surface area contributed by atoms with E-state index in [-0.39, 0.29) is 36.2 Å². The normalized spacial score (nSPS) is 23.7. The first kappa shape index (κ1) is 26.9. The highest BCUT2D eigenvalue weighted by molar-refractivity contribution is 6.30. The standard InChI is InChI=1S/C33H31ClN4O4/c34-23-8-6-21(7-9-23)26-3-1-2-4-28(26)32(41)36-18-24-10-11-25(19-36)37(24)16-20-5-12-27-22(15-20)17-38(33(27)42)29-13-14-30(39)35-31(29)40/h1-9,12,15,24-25,29H,10-11,13-14,16-19H2,(H,35,39,40). The Morgan fingerprint density at radius 3 is 2.36 bits per heavy atom. The Balaban J connectivity index is 1.04. The van der Waals surface area contributed by atoms with Crippen LogP contribution in [-0.4, -0.2) is 69.5 Å². The van der Waals surface area contributed by atoms with Gasteiger partial charge in [-0.15, -0.1) is 0 Å². The van der Waals surface area contributed by atoms with Crippen molar-refractivity contribution in [2.24, 2.45) is 0 Å². The molecule has 3 unspecified atom stereocenters. The lowest BCUT2D eigenvalue weighted by Gasteiger charge is -2.41. The van der Waals surface area contributed by atoms with Crippen LogP contribution in [0.2, 0.25) is 5.02 Å². The Kier molecular flexibility index (Phi) is 6.83. The van der Waals surface area contributed by atoms with Gasteiger partial charge in [-0.2, -0.15) is 0 Å². The molecule has 2 bridgehead atoms. The lowest BCUT2D eigenvalue weighted by atomic mass is 9.98. The number of fused-ring (bicyclic) bond motifs is 3. The molecule has 3 aromatic rings. The molecule has 0 spiro atoms. The quantitative estimate of drug-likeness (QED) is 0.454. The molecule has 9 heteroatoms. The molecule has 4 amide bonds. The van der Waals surface area contributed by atoms with Crippen LogP contribution in [0.25, 0.3) is 11.1 Å². The summed E-state index contributed by atoms with van der Waals surface area (Å²) >= 11 is 6.09. The zero-order chi connectivity index (χ0) is 29.0. The van der Waals surface area contributed by atoms with Gasteiger partial charge in [0.2, 0.25) is 11.8 Å². The third kappa shape index (κ3) is 4.78. The molecular weight excluding hydrogens is 552 g/mol. The van der Waals surface area contributed by atoms with Crippen molar-refractivity contribution in [2.45, 2.75) is 56.9 Å². The smallest absolute Gasteiger partial charge is 0.255 e. The minimum Gasteiger partial charge on any atom is -0.335 e. The molecule has 4 aliphatic rings. The molecule has 0 aliphatic carbocycles. The van der Waals surface area contributed by atoms with Gasteiger partial charge in [0.05, 0.1) is 0 Å². The lowest BCUT2D eigenvalue weighted by molar-refractivity contribution is -0.136. The molecule has 214 valence electrons. The van der Waals surface area contributed by atoms with E-state index in [1.807, 2.05) is 65.6 Å². The van der Waals surface area contributed by atoms with E-state index in [0.29, 0.717) is 42.2 Å². The third-order valence-electron chi connectivity index (χ3n) is 9.19. The first-order valence-electron chi connectivity index (χ1n) is 14.5. The molecule has 0 radical (unpaired) electrons. The van der Waals surface area contributed by atoms with Crippen molar-refractivity contribution < 1.29 is 19.2 Å². The van der Waals surface area contributed by atoms with Gasteiger partial charge in [0, 0.05) is 60.8 Å². The summed E-state index contributed by atoms with van der Waals surface area (Å²) in [7, 11) is 0. The van der Waals surface area contributed by atoms with Crippen LogP contribution in [0.4, 0.5) is 0 Å². The molecule has 4 aliphatic heterocycles. The molecule has 0 aromatic heterocycles. The van der Waals surface area contributed by atoms with Crippen LogP contribution in [0.15, 0.2) is 66.7 Å². The van der Waals surface area contributed by atoms with E-state index in [1.54, 1.807) is 4.90 Å². The summed E-state index contributed by atoms with van der Waals surface area (Å²) < 4.78 is 0. The minimum absolute atomic E-state index is 0.0571. The van der Waals surface area contributed by atoms with Gasteiger partial charge in [-0.05, 0) is 65.8 Å². The van der Waals surface area contributed by atoms with E-state index in [9.17, 15) is 19.2 Å². The number of hydrogen-bond acceptors (Lipinski definition) is 5. The van der Waals surface area contributed by atoms with E-state index in [0.717, 1.165) is 41.6 Å². The van der Waals surface area contributed by atoms with Crippen LogP contribution in [0.1, 0.15) is 57.5 Å². The number of benzene rings is 3. The van der Waals surface area contributed by atoms with E-state index in [1.165, 1.54) is 0 Å². The van der Waals surface area contributed by atoms with Gasteiger partial charge in [0.25, 0.3) is 11.8 Å². The first-order valence-corrected chi connectivity index (χ1v) is 14.9. The average Bonchev–Trinajstić information content (AvgIpc) is 3.42. The number of imide groups is 1. The second-order valence-corrected chi connectivity index (χ2v) is 12.1. The molecule has 4 heterocycles. The highest BCUT2D eigenvalue weighted by Crippen LogP contribution is 2.35. The number of piperazine rings is 1. The highest BCUT2D eigenvalue weighted by atomic mass is 35.5. The molecule has 7 rings (SSSR count). The van der Waals surface area contributed by atoms with Crippen molar-refractivity contribution in [3.8, 4) is 11.1 Å². The number of carbonyl (C=O) groups is 4. The van der Waals surface area contributed by atoms with Crippen LogP contribution in [0.3, 0.4) is 0 Å². The van der Waals surface area contributed by atoms with Crippen LogP contribution in [0.5, 0.6) is 0 Å². The number of rotatable bonds is 5. The molecule has 3 aromatic carbocycles. The number of amides is 4. The summed E-state index contributed by atoms with van der Waals surface area (Å²) in [5.74, 6) is -0.781. The van der Waals surface area contributed by atoms with Crippen molar-refractivity contribution in [3.05, 3.63) is 94.0 Å². The Bertz CT molecular complexity index is 1590. The molecule has 42 heavy (non-hydrogen) atoms. The second kappa shape index (κ2) is 10.7. The van der Waals surface area contributed by atoms with Gasteiger partial charge in [0.1, 0.15) is 6.04 Å². The van der Waals surface area contributed by atoms with Gasteiger partial charge < -0.3 is 9.80 Å². The predicted octanol–water partition coefficient (Wildman–Crippen LogP) is 4.26. The van der Waals surface area contributed by atoms with Crippen molar-refractivity contribution in [1.82, 2.24) is 20.0 Å². The number of carbonyl (C=O) groups excluding carboxylic acids is 4. The zero-order valence-corrected chi connectivity index (χ0v) is 23.8. The van der Waals surface area contributed by atoms with Crippen molar-refractivity contribution in [1.29, 1.82) is 0 Å². The monoisotopic (exact) mass is 582 g/mol. The maximum absolute atomic E-state index is 13.8. The number of halogens is 1. The van der Waals surface area contributed by atoms with Crippen molar-refractivity contribution in [3.63, 3.8) is 0 Å². The summed E-state index contributed by atoms with van der Waals surface area (Å²) in [4.78, 5) is 57.0. The highest BCUT2D eigenvalue weighted by Gasteiger charge is 2.42. The van der Waals surface area contributed by atoms with Gasteiger partial charge in [-0.1, -0.05) is 54.1 Å². The SMILES string of the molecule is O=C1CCC(N2Cc3cc(CN4C5CCC4CN(C(=O)c4ccccc4-c4ccc(Cl)cc4)C5)ccc3C2=O)C(=O)N1. The Morgan fingerprint density at radius 2 is 1.62 bits per heavy atom. The number of nitrogens with one attached hydrogen (secondary N) is 1. The minimum atomic E-state index is -0.614. The predicted molar refractivity (Wildman–Crippen MR) is 158 cm³/mol. The summed E-state index contributed by atoms with van der Waals surface area (Å²) in [6, 6.07) is 21.2. The zero-order valence-electron chi connectivity index (χ0n) is 23.1. The van der Waals surface area contributed by atoms with Gasteiger partial charge in [-0.3, -0.25) is 29.4 Å². The Labute approximate surface area is 249 Å². The molecule has 0 saturated carbocycles. The fourth-order valence-electron chi connectivity index (χ4n) is 7.07. The first-order chi connectivity index (χ1) is 20.4. The van der Waals surface area contributed by atoms with Crippen molar-refractivity contribution >= 4 is 35.2 Å². The van der Waals surface area contributed by atoms with E-state index in [4.69, 9.17) is 11.6 Å². The number of hydrogen-bond donors (Lipinski definition) is 1. The number of likely N-dealkylation sites (tertiary alicyclic amines) is 1. The Hall–Kier alpha value is -4.01. The van der Waals surface area contributed by atoms with Crippen LogP contribution < -0.4 is 5.32 Å². The van der Waals surface area contributed by atoms with E-state index < -0.39 is 11.9 Å². The van der Waals surface area contributed by atoms with Crippen LogP contribution >= 0.6 is 11.6 Å². The molecular formula is C33H31ClN4O4. The fraction of sp³-hybridized carbons (Fsp3) is 0.333. The van der Waals surface area contributed by atoms with Crippen molar-refractivity contribution in [2.75, 3.05) is 13.1 Å². The summed E-state index contributed by atoms with van der Waals surface area (Å²) in [6.45, 7) is 2.48. The molecule has 3 saturated heterocycles. The maximum Gasteiger partial charge on any atom is 0.255 e. The fourth-order valence-corrected chi connectivity index (χ4v) is 7.20. The maximum atomic E-state index is 13.8. The lowest BCUT2D eigenvalue weighted by Crippen LogP contribution is -2.54. The van der Waals surface area contributed by atoms with E-state index >= 15 is 0 Å². The number of piperidine rings is 1. The summed E-state index contributed by atoms with van der Waals surface area (Å²) in [5.41, 5.74) is 5.25. The molecule has 3 fully saturated rings. The Morgan fingerprint density at radius 1 is 0.881 bits per heavy atom. The van der Waals surface area contributed by atoms with Crippen LogP contribution in [-0.2, 0) is 22.7 Å². The molecule has 1 N–H and O–H groups in total. The van der Waals surface area contributed by atoms with Gasteiger partial charge >= 0.3 is 0 Å². The number of nitrogens with zero attached hydrogens (tertiary/aromatic N) is 3. The molecule has 8 nitrogen and oxygen atoms in total. The van der Waals surface area contributed by atoms with E-state index in [2.05, 4.69) is 16.3 Å². The molecule has 3 atom stereocenters. The summed E-state index contributed by atoms with van der Waals surface area (Å²) in [6.07, 6.45) is 2.68. The van der Waals surface area contributed by atoms with Gasteiger partial charge in [-0.25, -0.2) is 0 Å². The second-order valence-electron chi connectivity index (χ2n) is 11.7. The summed E-state index contributed by atoms with van der Waals surface area (Å²) in [5, 5.41) is 3.02. The van der Waals surface area contributed by atoms with Gasteiger partial charge in [0.15, 0.2) is 0 Å². The average molecular weight is 583 g/mol. The van der Waals surface area contributed by atoms with Crippen LogP contribution in [0, 0.1) is 0 Å². The topological polar surface area (TPSA) is 90.0 Å².